The average Bonchev–Trinajstić information content (AvgIpc) is 3.37. The third-order valence-corrected chi connectivity index (χ3v) is 5.13. The number of imide groups is 1. The van der Waals surface area contributed by atoms with Crippen LogP contribution in [0.25, 0.3) is 0 Å². The summed E-state index contributed by atoms with van der Waals surface area (Å²) in [5.74, 6) is -4.20. The zero-order valence-electron chi connectivity index (χ0n) is 14.6. The minimum absolute atomic E-state index is 0.0630. The largest absolute Gasteiger partial charge is 0.362 e. The molecular formula is C19H14F4N2O3. The number of urea groups is 1. The molecule has 0 saturated carbocycles. The second-order valence-corrected chi connectivity index (χ2v) is 6.71. The second-order valence-electron chi connectivity index (χ2n) is 6.71. The normalized spacial score (nSPS) is 22.8. The number of anilines is 1. The van der Waals surface area contributed by atoms with Gasteiger partial charge in [0.15, 0.2) is 0 Å². The van der Waals surface area contributed by atoms with E-state index in [-0.39, 0.29) is 24.4 Å². The van der Waals surface area contributed by atoms with Crippen LogP contribution >= 0.6 is 0 Å². The highest BCUT2D eigenvalue weighted by Crippen LogP contribution is 2.46. The number of ether oxygens (including phenoxy) is 1. The number of rotatable bonds is 4. The monoisotopic (exact) mass is 394 g/mol. The van der Waals surface area contributed by atoms with Gasteiger partial charge in [-0.3, -0.25) is 4.79 Å². The van der Waals surface area contributed by atoms with Crippen molar-refractivity contribution in [3.05, 3.63) is 65.2 Å². The molecule has 2 aliphatic heterocycles. The van der Waals surface area contributed by atoms with Gasteiger partial charge in [-0.25, -0.2) is 27.3 Å². The first kappa shape index (κ1) is 18.4. The van der Waals surface area contributed by atoms with E-state index in [2.05, 4.69) is 0 Å². The summed E-state index contributed by atoms with van der Waals surface area (Å²) in [6.45, 7) is 1.25. The Balaban J connectivity index is 1.65. The molecule has 0 aliphatic carbocycles. The summed E-state index contributed by atoms with van der Waals surface area (Å²) in [5, 5.41) is 0. The summed E-state index contributed by atoms with van der Waals surface area (Å²) in [5.41, 5.74) is -1.54. The Bertz CT molecular complexity index is 993. The predicted molar refractivity (Wildman–Crippen MR) is 89.4 cm³/mol. The molecule has 0 N–H and O–H groups in total. The smallest absolute Gasteiger partial charge is 0.332 e. The van der Waals surface area contributed by atoms with Crippen molar-refractivity contribution in [3.63, 3.8) is 0 Å². The van der Waals surface area contributed by atoms with E-state index < -0.39 is 46.9 Å². The van der Waals surface area contributed by atoms with Crippen LogP contribution in [0.4, 0.5) is 28.0 Å². The maximum absolute atomic E-state index is 14.3. The number of carbonyl (C=O) groups excluding carboxylic acids is 2. The number of halogens is 4. The molecule has 2 heterocycles. The van der Waals surface area contributed by atoms with Gasteiger partial charge in [-0.2, -0.15) is 0 Å². The Morgan fingerprint density at radius 3 is 2.18 bits per heavy atom. The molecule has 0 bridgehead atoms. The number of nitrogens with zero attached hydrogens (tertiary/aromatic N) is 2. The molecular weight excluding hydrogens is 380 g/mol. The minimum atomic E-state index is -1.23. The average molecular weight is 394 g/mol. The topological polar surface area (TPSA) is 53.2 Å². The lowest BCUT2D eigenvalue weighted by atomic mass is 9.91. The molecule has 2 aromatic rings. The van der Waals surface area contributed by atoms with Gasteiger partial charge in [0.25, 0.3) is 5.91 Å². The molecule has 2 aliphatic rings. The maximum Gasteiger partial charge on any atom is 0.332 e. The number of amides is 3. The van der Waals surface area contributed by atoms with Gasteiger partial charge in [0.05, 0.1) is 18.3 Å². The van der Waals surface area contributed by atoms with Gasteiger partial charge in [0, 0.05) is 17.7 Å². The van der Waals surface area contributed by atoms with Crippen molar-refractivity contribution in [2.24, 2.45) is 0 Å². The fraction of sp³-hybridized carbons (Fsp3) is 0.263. The molecule has 2 saturated heterocycles. The summed E-state index contributed by atoms with van der Waals surface area (Å²) >= 11 is 0. The first-order valence-corrected chi connectivity index (χ1v) is 8.43. The molecule has 28 heavy (non-hydrogen) atoms. The summed E-state index contributed by atoms with van der Waals surface area (Å²) < 4.78 is 60.1. The molecule has 0 radical (unpaired) electrons. The van der Waals surface area contributed by atoms with Crippen LogP contribution in [-0.2, 0) is 15.1 Å². The zero-order chi connectivity index (χ0) is 20.2. The fourth-order valence-electron chi connectivity index (χ4n) is 3.51. The molecule has 2 aromatic carbocycles. The van der Waals surface area contributed by atoms with E-state index in [1.165, 1.54) is 6.07 Å². The zero-order valence-corrected chi connectivity index (χ0v) is 14.6. The maximum atomic E-state index is 14.3. The quantitative estimate of drug-likeness (QED) is 0.454. The van der Waals surface area contributed by atoms with Crippen LogP contribution in [0.5, 0.6) is 0 Å². The molecule has 9 heteroatoms. The Hall–Kier alpha value is -2.94. The highest BCUT2D eigenvalue weighted by atomic mass is 19.1. The Labute approximate surface area is 157 Å². The fourth-order valence-corrected chi connectivity index (χ4v) is 3.51. The van der Waals surface area contributed by atoms with Crippen LogP contribution in [0.3, 0.4) is 0 Å². The van der Waals surface area contributed by atoms with Crippen molar-refractivity contribution < 1.29 is 31.9 Å². The Morgan fingerprint density at radius 1 is 1.00 bits per heavy atom. The lowest BCUT2D eigenvalue weighted by Gasteiger charge is -2.29. The van der Waals surface area contributed by atoms with Crippen LogP contribution in [0.1, 0.15) is 12.5 Å². The van der Waals surface area contributed by atoms with Gasteiger partial charge >= 0.3 is 6.03 Å². The van der Waals surface area contributed by atoms with Crippen molar-refractivity contribution >= 4 is 17.6 Å². The second kappa shape index (κ2) is 6.30. The molecule has 146 valence electrons. The van der Waals surface area contributed by atoms with Crippen molar-refractivity contribution in [3.8, 4) is 0 Å². The molecule has 0 unspecified atom stereocenters. The first-order chi connectivity index (χ1) is 13.2. The minimum Gasteiger partial charge on any atom is -0.362 e. The number of hydrogen-bond acceptors (Lipinski definition) is 3. The molecule has 2 fully saturated rings. The highest BCUT2D eigenvalue weighted by molar-refractivity contribution is 6.20. The number of benzene rings is 2. The number of carbonyl (C=O) groups is 2. The van der Waals surface area contributed by atoms with Crippen LogP contribution in [0, 0.1) is 23.3 Å². The highest BCUT2D eigenvalue weighted by Gasteiger charge is 2.58. The molecule has 4 rings (SSSR count). The Kier molecular flexibility index (Phi) is 4.15. The predicted octanol–water partition coefficient (Wildman–Crippen LogP) is 3.33. The molecule has 2 atom stereocenters. The van der Waals surface area contributed by atoms with Crippen LogP contribution in [0.2, 0.25) is 0 Å². The van der Waals surface area contributed by atoms with Gasteiger partial charge in [-0.1, -0.05) is 6.07 Å². The van der Waals surface area contributed by atoms with Gasteiger partial charge in [-0.15, -0.1) is 0 Å². The number of epoxide rings is 1. The molecule has 0 spiro atoms. The van der Waals surface area contributed by atoms with Crippen molar-refractivity contribution in [2.75, 3.05) is 18.1 Å². The summed E-state index contributed by atoms with van der Waals surface area (Å²) in [4.78, 5) is 26.9. The Morgan fingerprint density at radius 2 is 1.61 bits per heavy atom. The molecule has 3 amide bonds. The van der Waals surface area contributed by atoms with E-state index in [9.17, 15) is 27.2 Å². The van der Waals surface area contributed by atoms with E-state index in [0.29, 0.717) is 17.0 Å². The first-order valence-electron chi connectivity index (χ1n) is 8.43. The molecule has 0 aromatic heterocycles. The van der Waals surface area contributed by atoms with Crippen molar-refractivity contribution in [1.82, 2.24) is 4.90 Å². The SMILES string of the molecule is C[C@@H](N1CC(=O)N(c2ccc(F)cc2F)C1=O)[C@]1(c2ccc(F)cc2F)CO1. The summed E-state index contributed by atoms with van der Waals surface area (Å²) in [6, 6.07) is 3.89. The van der Waals surface area contributed by atoms with E-state index in [0.717, 1.165) is 23.1 Å². The van der Waals surface area contributed by atoms with Gasteiger partial charge in [0.2, 0.25) is 0 Å². The molecule has 5 nitrogen and oxygen atoms in total. The third-order valence-electron chi connectivity index (χ3n) is 5.13. The summed E-state index contributed by atoms with van der Waals surface area (Å²) in [7, 11) is 0. The van der Waals surface area contributed by atoms with Crippen LogP contribution < -0.4 is 4.90 Å². The van der Waals surface area contributed by atoms with E-state index in [1.807, 2.05) is 0 Å². The summed E-state index contributed by atoms with van der Waals surface area (Å²) in [6.07, 6.45) is 0. The lowest BCUT2D eigenvalue weighted by Crippen LogP contribution is -2.45. The van der Waals surface area contributed by atoms with E-state index in [4.69, 9.17) is 4.74 Å². The third kappa shape index (κ3) is 2.73. The van der Waals surface area contributed by atoms with Crippen LogP contribution in [-0.4, -0.2) is 36.0 Å². The van der Waals surface area contributed by atoms with Gasteiger partial charge in [-0.05, 0) is 25.1 Å². The van der Waals surface area contributed by atoms with E-state index in [1.54, 1.807) is 6.92 Å². The standard InChI is InChI=1S/C19H14F4N2O3/c1-10(19(9-28-19)13-4-2-11(20)6-14(13)22)24-8-17(26)25(18(24)27)16-5-3-12(21)7-15(16)23/h2-7,10H,8-9H2,1H3/t10-,19+/m1/s1. The van der Waals surface area contributed by atoms with Crippen molar-refractivity contribution in [2.45, 2.75) is 18.6 Å². The number of hydrogen-bond donors (Lipinski definition) is 0. The van der Waals surface area contributed by atoms with E-state index >= 15 is 0 Å². The van der Waals surface area contributed by atoms with Crippen LogP contribution in [0.15, 0.2) is 36.4 Å². The van der Waals surface area contributed by atoms with Crippen molar-refractivity contribution in [1.29, 1.82) is 0 Å². The van der Waals surface area contributed by atoms with Gasteiger partial charge in [0.1, 0.15) is 35.4 Å². The van der Waals surface area contributed by atoms with Gasteiger partial charge < -0.3 is 9.64 Å². The lowest BCUT2D eigenvalue weighted by molar-refractivity contribution is -0.117.